The van der Waals surface area contributed by atoms with Crippen molar-refractivity contribution in [1.82, 2.24) is 0 Å². The molecule has 1 aliphatic heterocycles. The van der Waals surface area contributed by atoms with Gasteiger partial charge in [-0.25, -0.2) is 0 Å². The number of aryl methyl sites for hydroxylation is 1. The molecule has 4 rings (SSSR count). The van der Waals surface area contributed by atoms with Gasteiger partial charge in [0.2, 0.25) is 0 Å². The number of carbonyl (C=O) groups is 1. The van der Waals surface area contributed by atoms with Crippen LogP contribution in [0.15, 0.2) is 78.9 Å². The molecule has 1 amide bonds. The molecule has 3 nitrogen and oxygen atoms in total. The average molecular weight is 385 g/mol. The second kappa shape index (κ2) is 8.12. The van der Waals surface area contributed by atoms with E-state index in [1.54, 1.807) is 0 Å². The Labute approximate surface area is 173 Å². The number of fused-ring (bicyclic) bond motifs is 1. The van der Waals surface area contributed by atoms with Crippen LogP contribution in [0, 0.1) is 12.8 Å². The van der Waals surface area contributed by atoms with Gasteiger partial charge in [0.25, 0.3) is 5.91 Å². The van der Waals surface area contributed by atoms with Gasteiger partial charge in [-0.3, -0.25) is 4.79 Å². The van der Waals surface area contributed by atoms with Crippen molar-refractivity contribution < 1.29 is 4.79 Å². The molecule has 1 aliphatic rings. The molecule has 3 atom stereocenters. The highest BCUT2D eigenvalue weighted by Gasteiger charge is 2.40. The minimum Gasteiger partial charge on any atom is -0.378 e. The molecule has 0 fully saturated rings. The SMILES string of the molecule is CC[C@H]1[C@H](C)[C@@H](Nc2ccccc2)c2ccccc2N1C(=O)c1ccc(C)cc1. The topological polar surface area (TPSA) is 32.3 Å². The van der Waals surface area contributed by atoms with E-state index in [-0.39, 0.29) is 23.9 Å². The first-order chi connectivity index (χ1) is 14.1. The summed E-state index contributed by atoms with van der Waals surface area (Å²) in [5.41, 5.74) is 5.19. The number of rotatable bonds is 4. The van der Waals surface area contributed by atoms with Gasteiger partial charge >= 0.3 is 0 Å². The van der Waals surface area contributed by atoms with E-state index >= 15 is 0 Å². The van der Waals surface area contributed by atoms with Crippen LogP contribution < -0.4 is 10.2 Å². The second-order valence-electron chi connectivity index (χ2n) is 7.92. The normalized spacial score (nSPS) is 20.8. The Balaban J connectivity index is 1.76. The van der Waals surface area contributed by atoms with E-state index in [0.29, 0.717) is 0 Å². The van der Waals surface area contributed by atoms with E-state index in [9.17, 15) is 4.79 Å². The van der Waals surface area contributed by atoms with Crippen molar-refractivity contribution in [3.8, 4) is 0 Å². The van der Waals surface area contributed by atoms with Crippen LogP contribution in [-0.2, 0) is 0 Å². The molecule has 3 aromatic carbocycles. The minimum absolute atomic E-state index is 0.0781. The number of para-hydroxylation sites is 2. The summed E-state index contributed by atoms with van der Waals surface area (Å²) in [6, 6.07) is 26.8. The van der Waals surface area contributed by atoms with Gasteiger partial charge in [-0.2, -0.15) is 0 Å². The fraction of sp³-hybridized carbons (Fsp3) is 0.269. The lowest BCUT2D eigenvalue weighted by Gasteiger charge is -2.45. The second-order valence-corrected chi connectivity index (χ2v) is 7.92. The number of anilines is 2. The lowest BCUT2D eigenvalue weighted by atomic mass is 9.80. The maximum absolute atomic E-state index is 13.6. The van der Waals surface area contributed by atoms with Crippen molar-refractivity contribution in [2.45, 2.75) is 39.3 Å². The van der Waals surface area contributed by atoms with Crippen LogP contribution in [-0.4, -0.2) is 11.9 Å². The largest absolute Gasteiger partial charge is 0.378 e. The maximum Gasteiger partial charge on any atom is 0.258 e. The molecular formula is C26H28N2O. The Bertz CT molecular complexity index is 981. The van der Waals surface area contributed by atoms with Gasteiger partial charge in [-0.15, -0.1) is 0 Å². The molecular weight excluding hydrogens is 356 g/mol. The zero-order chi connectivity index (χ0) is 20.4. The lowest BCUT2D eigenvalue weighted by Crippen LogP contribution is -2.50. The third kappa shape index (κ3) is 3.65. The molecule has 1 N–H and O–H groups in total. The monoisotopic (exact) mass is 384 g/mol. The average Bonchev–Trinajstić information content (AvgIpc) is 2.76. The Morgan fingerprint density at radius 2 is 1.59 bits per heavy atom. The van der Waals surface area contributed by atoms with Crippen molar-refractivity contribution in [3.63, 3.8) is 0 Å². The van der Waals surface area contributed by atoms with E-state index in [2.05, 4.69) is 49.5 Å². The zero-order valence-corrected chi connectivity index (χ0v) is 17.3. The number of nitrogens with zero attached hydrogens (tertiary/aromatic N) is 1. The van der Waals surface area contributed by atoms with Crippen molar-refractivity contribution in [1.29, 1.82) is 0 Å². The molecule has 0 spiro atoms. The van der Waals surface area contributed by atoms with Gasteiger partial charge < -0.3 is 10.2 Å². The van der Waals surface area contributed by atoms with Crippen molar-refractivity contribution in [2.24, 2.45) is 5.92 Å². The zero-order valence-electron chi connectivity index (χ0n) is 17.3. The standard InChI is InChI=1S/C26H28N2O/c1-4-23-19(3)25(27-21-10-6-5-7-11-21)22-12-8-9-13-24(22)28(23)26(29)20-16-14-18(2)15-17-20/h5-17,19,23,25,27H,4H2,1-3H3/t19-,23-,25+/m0/s1. The number of amides is 1. The van der Waals surface area contributed by atoms with E-state index in [0.717, 1.165) is 28.9 Å². The number of nitrogens with one attached hydrogen (secondary N) is 1. The summed E-state index contributed by atoms with van der Waals surface area (Å²) in [4.78, 5) is 15.6. The molecule has 0 bridgehead atoms. The lowest BCUT2D eigenvalue weighted by molar-refractivity contribution is 0.0960. The first-order valence-electron chi connectivity index (χ1n) is 10.4. The van der Waals surface area contributed by atoms with E-state index in [4.69, 9.17) is 0 Å². The Morgan fingerprint density at radius 3 is 2.28 bits per heavy atom. The molecule has 29 heavy (non-hydrogen) atoms. The third-order valence-electron chi connectivity index (χ3n) is 6.03. The number of benzene rings is 3. The molecule has 0 unspecified atom stereocenters. The van der Waals surface area contributed by atoms with E-state index in [1.807, 2.05) is 60.4 Å². The van der Waals surface area contributed by atoms with Gasteiger partial charge in [-0.1, -0.05) is 67.9 Å². The number of hydrogen-bond acceptors (Lipinski definition) is 2. The van der Waals surface area contributed by atoms with Gasteiger partial charge in [0, 0.05) is 28.9 Å². The molecule has 0 radical (unpaired) electrons. The fourth-order valence-corrected chi connectivity index (χ4v) is 4.46. The van der Waals surface area contributed by atoms with Crippen LogP contribution in [0.25, 0.3) is 0 Å². The van der Waals surface area contributed by atoms with Gasteiger partial charge in [-0.05, 0) is 49.2 Å². The summed E-state index contributed by atoms with van der Waals surface area (Å²) in [5, 5.41) is 3.72. The molecule has 0 aromatic heterocycles. The van der Waals surface area contributed by atoms with Crippen LogP contribution in [0.3, 0.4) is 0 Å². The summed E-state index contributed by atoms with van der Waals surface area (Å²) in [6.07, 6.45) is 0.903. The van der Waals surface area contributed by atoms with Crippen LogP contribution in [0.4, 0.5) is 11.4 Å². The quantitative estimate of drug-likeness (QED) is 0.579. The first kappa shape index (κ1) is 19.3. The summed E-state index contributed by atoms with van der Waals surface area (Å²) >= 11 is 0. The number of carbonyl (C=O) groups excluding carboxylic acids is 1. The summed E-state index contributed by atoms with van der Waals surface area (Å²) in [5.74, 6) is 0.346. The molecule has 0 saturated carbocycles. The van der Waals surface area contributed by atoms with Crippen LogP contribution in [0.1, 0.15) is 47.8 Å². The van der Waals surface area contributed by atoms with Crippen molar-refractivity contribution >= 4 is 17.3 Å². The van der Waals surface area contributed by atoms with Crippen molar-refractivity contribution in [3.05, 3.63) is 95.6 Å². The van der Waals surface area contributed by atoms with Gasteiger partial charge in [0.1, 0.15) is 0 Å². The van der Waals surface area contributed by atoms with Crippen LogP contribution >= 0.6 is 0 Å². The predicted molar refractivity (Wildman–Crippen MR) is 120 cm³/mol. The highest BCUT2D eigenvalue weighted by molar-refractivity contribution is 6.07. The first-order valence-corrected chi connectivity index (χ1v) is 10.4. The Morgan fingerprint density at radius 1 is 0.931 bits per heavy atom. The molecule has 3 heteroatoms. The molecule has 0 aliphatic carbocycles. The van der Waals surface area contributed by atoms with E-state index < -0.39 is 0 Å². The Kier molecular flexibility index (Phi) is 5.39. The minimum atomic E-state index is 0.0781. The predicted octanol–water partition coefficient (Wildman–Crippen LogP) is 6.22. The highest BCUT2D eigenvalue weighted by Crippen LogP contribution is 2.43. The number of hydrogen-bond donors (Lipinski definition) is 1. The van der Waals surface area contributed by atoms with E-state index in [1.165, 1.54) is 5.56 Å². The fourth-order valence-electron chi connectivity index (χ4n) is 4.46. The van der Waals surface area contributed by atoms with Crippen LogP contribution in [0.2, 0.25) is 0 Å². The van der Waals surface area contributed by atoms with Crippen molar-refractivity contribution in [2.75, 3.05) is 10.2 Å². The van der Waals surface area contributed by atoms with Crippen LogP contribution in [0.5, 0.6) is 0 Å². The van der Waals surface area contributed by atoms with Gasteiger partial charge in [0.05, 0.1) is 6.04 Å². The summed E-state index contributed by atoms with van der Waals surface area (Å²) in [7, 11) is 0. The smallest absolute Gasteiger partial charge is 0.258 e. The summed E-state index contributed by atoms with van der Waals surface area (Å²) in [6.45, 7) is 6.46. The molecule has 0 saturated heterocycles. The third-order valence-corrected chi connectivity index (χ3v) is 6.03. The highest BCUT2D eigenvalue weighted by atomic mass is 16.2. The molecule has 1 heterocycles. The molecule has 148 valence electrons. The Hall–Kier alpha value is -3.07. The summed E-state index contributed by atoms with van der Waals surface area (Å²) < 4.78 is 0. The van der Waals surface area contributed by atoms with Gasteiger partial charge in [0.15, 0.2) is 0 Å². The maximum atomic E-state index is 13.6. The molecule has 3 aromatic rings.